The minimum Gasteiger partial charge on any atom is -0.388 e. The first-order chi connectivity index (χ1) is 7.83. The second kappa shape index (κ2) is 4.07. The van der Waals surface area contributed by atoms with Gasteiger partial charge in [-0.05, 0) is 36.3 Å². The van der Waals surface area contributed by atoms with Gasteiger partial charge in [-0.3, -0.25) is 0 Å². The van der Waals surface area contributed by atoms with Crippen molar-refractivity contribution in [3.63, 3.8) is 0 Å². The van der Waals surface area contributed by atoms with E-state index in [2.05, 4.69) is 34.5 Å². The highest BCUT2D eigenvalue weighted by atomic mass is 32.1. The van der Waals surface area contributed by atoms with Crippen LogP contribution in [-0.2, 0) is 13.0 Å². The number of aliphatic hydroxyl groups excluding tert-OH is 1. The zero-order valence-electron chi connectivity index (χ0n) is 9.10. The third kappa shape index (κ3) is 1.81. The highest BCUT2D eigenvalue weighted by molar-refractivity contribution is 7.09. The molecule has 2 heterocycles. The molecule has 3 rings (SSSR count). The molecule has 0 fully saturated rings. The van der Waals surface area contributed by atoms with E-state index in [9.17, 15) is 5.11 Å². The van der Waals surface area contributed by atoms with Crippen LogP contribution >= 0.6 is 11.3 Å². The summed E-state index contributed by atoms with van der Waals surface area (Å²) < 4.78 is 2.20. The summed E-state index contributed by atoms with van der Waals surface area (Å²) in [5.41, 5.74) is 2.47. The molecule has 0 amide bonds. The van der Waals surface area contributed by atoms with Gasteiger partial charge in [-0.2, -0.15) is 0 Å². The molecule has 84 valence electrons. The van der Waals surface area contributed by atoms with E-state index in [4.69, 9.17) is 0 Å². The molecule has 2 nitrogen and oxygen atoms in total. The van der Waals surface area contributed by atoms with Crippen molar-refractivity contribution in [3.8, 4) is 0 Å². The van der Waals surface area contributed by atoms with Crippen LogP contribution in [0, 0.1) is 0 Å². The Balaban J connectivity index is 1.87. The second-order valence-electron chi connectivity index (χ2n) is 4.40. The van der Waals surface area contributed by atoms with Gasteiger partial charge in [0, 0.05) is 22.8 Å². The molecule has 1 aliphatic carbocycles. The van der Waals surface area contributed by atoms with Gasteiger partial charge < -0.3 is 9.67 Å². The average Bonchev–Trinajstić information content (AvgIpc) is 2.88. The molecule has 0 aliphatic heterocycles. The Morgan fingerprint density at radius 2 is 2.38 bits per heavy atom. The summed E-state index contributed by atoms with van der Waals surface area (Å²) in [6, 6.07) is 4.23. The van der Waals surface area contributed by atoms with Crippen LogP contribution in [0.3, 0.4) is 0 Å². The van der Waals surface area contributed by atoms with E-state index < -0.39 is 0 Å². The molecule has 1 aliphatic rings. The average molecular weight is 233 g/mol. The van der Waals surface area contributed by atoms with Gasteiger partial charge in [-0.1, -0.05) is 6.07 Å². The number of aliphatic hydroxyl groups is 1. The van der Waals surface area contributed by atoms with Crippen LogP contribution in [0.4, 0.5) is 0 Å². The van der Waals surface area contributed by atoms with Crippen LogP contribution in [0.5, 0.6) is 0 Å². The molecule has 0 saturated carbocycles. The fourth-order valence-corrected chi connectivity index (χ4v) is 3.11. The number of thiophene rings is 1. The lowest BCUT2D eigenvalue weighted by Crippen LogP contribution is -2.05. The van der Waals surface area contributed by atoms with E-state index in [1.165, 1.54) is 10.4 Å². The maximum Gasteiger partial charge on any atom is 0.0807 e. The van der Waals surface area contributed by atoms with Gasteiger partial charge in [0.25, 0.3) is 0 Å². The highest BCUT2D eigenvalue weighted by Crippen LogP contribution is 2.30. The lowest BCUT2D eigenvalue weighted by molar-refractivity contribution is 0.157. The summed E-state index contributed by atoms with van der Waals surface area (Å²) in [7, 11) is 0. The van der Waals surface area contributed by atoms with Crippen LogP contribution in [-0.4, -0.2) is 9.67 Å². The molecule has 0 radical (unpaired) electrons. The van der Waals surface area contributed by atoms with E-state index in [0.29, 0.717) is 0 Å². The molecule has 0 saturated heterocycles. The van der Waals surface area contributed by atoms with Crippen molar-refractivity contribution in [2.24, 2.45) is 0 Å². The lowest BCUT2D eigenvalue weighted by atomic mass is 9.93. The topological polar surface area (TPSA) is 25.2 Å². The Labute approximate surface area is 99.2 Å². The maximum atomic E-state index is 9.89. The van der Waals surface area contributed by atoms with Crippen molar-refractivity contribution in [2.75, 3.05) is 0 Å². The zero-order chi connectivity index (χ0) is 11.0. The van der Waals surface area contributed by atoms with E-state index in [1.54, 1.807) is 11.3 Å². The molecule has 0 bridgehead atoms. The van der Waals surface area contributed by atoms with Gasteiger partial charge in [-0.25, -0.2) is 0 Å². The van der Waals surface area contributed by atoms with E-state index in [1.807, 2.05) is 0 Å². The summed E-state index contributed by atoms with van der Waals surface area (Å²) in [6.07, 6.45) is 7.20. The Hall–Kier alpha value is -1.06. The quantitative estimate of drug-likeness (QED) is 0.847. The fourth-order valence-electron chi connectivity index (χ4n) is 2.40. The minimum absolute atomic E-state index is 0.242. The first kappa shape index (κ1) is 10.1. The summed E-state index contributed by atoms with van der Waals surface area (Å²) in [4.78, 5) is 1.36. The molecule has 0 spiro atoms. The summed E-state index contributed by atoms with van der Waals surface area (Å²) >= 11 is 1.78. The summed E-state index contributed by atoms with van der Waals surface area (Å²) in [5, 5.41) is 12.0. The van der Waals surface area contributed by atoms with Crippen molar-refractivity contribution < 1.29 is 5.11 Å². The first-order valence-corrected chi connectivity index (χ1v) is 6.60. The predicted molar refractivity (Wildman–Crippen MR) is 65.8 cm³/mol. The van der Waals surface area contributed by atoms with Crippen molar-refractivity contribution >= 4 is 11.3 Å². The number of rotatable bonds is 2. The molecule has 3 heteroatoms. The second-order valence-corrected chi connectivity index (χ2v) is 5.43. The van der Waals surface area contributed by atoms with Gasteiger partial charge in [-0.15, -0.1) is 11.3 Å². The summed E-state index contributed by atoms with van der Waals surface area (Å²) in [6.45, 7) is 0.928. The number of nitrogens with zero attached hydrogens (tertiary/aromatic N) is 1. The first-order valence-electron chi connectivity index (χ1n) is 5.72. The Morgan fingerprint density at radius 1 is 1.44 bits per heavy atom. The zero-order valence-corrected chi connectivity index (χ0v) is 9.91. The lowest BCUT2D eigenvalue weighted by Gasteiger charge is -2.16. The van der Waals surface area contributed by atoms with Crippen LogP contribution < -0.4 is 0 Å². The molecular weight excluding hydrogens is 218 g/mol. The highest BCUT2D eigenvalue weighted by Gasteiger charge is 2.19. The van der Waals surface area contributed by atoms with Crippen LogP contribution in [0.15, 0.2) is 29.9 Å². The van der Waals surface area contributed by atoms with Gasteiger partial charge >= 0.3 is 0 Å². The number of aromatic nitrogens is 1. The van der Waals surface area contributed by atoms with E-state index in [-0.39, 0.29) is 6.10 Å². The van der Waals surface area contributed by atoms with Gasteiger partial charge in [0.05, 0.1) is 12.6 Å². The third-order valence-electron chi connectivity index (χ3n) is 3.20. The standard InChI is InChI=1S/C13H15NOS/c15-13-5-1-3-10-7-14(9-12(10)13)8-11-4-2-6-16-11/h2,4,6-7,9,13,15H,1,3,5,8H2. The number of aryl methyl sites for hydroxylation is 1. The monoisotopic (exact) mass is 233 g/mol. The van der Waals surface area contributed by atoms with Crippen LogP contribution in [0.2, 0.25) is 0 Å². The van der Waals surface area contributed by atoms with Crippen LogP contribution in [0.1, 0.15) is 34.9 Å². The van der Waals surface area contributed by atoms with Gasteiger partial charge in [0.2, 0.25) is 0 Å². The van der Waals surface area contributed by atoms with Crippen LogP contribution in [0.25, 0.3) is 0 Å². The molecule has 1 atom stereocenters. The third-order valence-corrected chi connectivity index (χ3v) is 4.06. The van der Waals surface area contributed by atoms with Crippen molar-refractivity contribution in [2.45, 2.75) is 31.9 Å². The maximum absolute atomic E-state index is 9.89. The molecule has 2 aromatic rings. The molecule has 16 heavy (non-hydrogen) atoms. The van der Waals surface area contributed by atoms with Crippen molar-refractivity contribution in [1.82, 2.24) is 4.57 Å². The summed E-state index contributed by atoms with van der Waals surface area (Å²) in [5.74, 6) is 0. The molecule has 0 aromatic carbocycles. The molecule has 1 unspecified atom stereocenters. The SMILES string of the molecule is OC1CCCc2cn(Cc3cccs3)cc21. The molecular formula is C13H15NOS. The Kier molecular flexibility index (Phi) is 2.58. The van der Waals surface area contributed by atoms with E-state index >= 15 is 0 Å². The number of fused-ring (bicyclic) bond motifs is 1. The largest absolute Gasteiger partial charge is 0.388 e. The number of hydrogen-bond acceptors (Lipinski definition) is 2. The van der Waals surface area contributed by atoms with Gasteiger partial charge in [0.15, 0.2) is 0 Å². The van der Waals surface area contributed by atoms with E-state index in [0.717, 1.165) is 31.4 Å². The molecule has 1 N–H and O–H groups in total. The molecule has 2 aromatic heterocycles. The van der Waals surface area contributed by atoms with Crippen molar-refractivity contribution in [1.29, 1.82) is 0 Å². The Bertz CT molecular complexity index is 472. The number of hydrogen-bond donors (Lipinski definition) is 1. The predicted octanol–water partition coefficient (Wildman–Crippen LogP) is 2.97. The van der Waals surface area contributed by atoms with Crippen molar-refractivity contribution in [3.05, 3.63) is 45.9 Å². The smallest absolute Gasteiger partial charge is 0.0807 e. The minimum atomic E-state index is -0.242. The Morgan fingerprint density at radius 3 is 3.12 bits per heavy atom. The normalized spacial score (nSPS) is 19.7. The van der Waals surface area contributed by atoms with Gasteiger partial charge in [0.1, 0.15) is 0 Å². The fraction of sp³-hybridized carbons (Fsp3) is 0.385.